The molecule has 1 N–H and O–H groups in total. The van der Waals surface area contributed by atoms with E-state index in [0.29, 0.717) is 11.4 Å². The number of hydrogen-bond donors (Lipinski definition) is 1. The first kappa shape index (κ1) is 17.0. The first-order valence-corrected chi connectivity index (χ1v) is 7.92. The number of carbonyl (C=O) groups is 1. The second kappa shape index (κ2) is 9.82. The van der Waals surface area contributed by atoms with Gasteiger partial charge in [0.25, 0.3) is 0 Å². The van der Waals surface area contributed by atoms with E-state index in [-0.39, 0.29) is 5.91 Å². The normalized spacial score (nSPS) is 10.6. The van der Waals surface area contributed by atoms with Gasteiger partial charge in [-0.05, 0) is 31.0 Å². The van der Waals surface area contributed by atoms with Crippen LogP contribution in [-0.4, -0.2) is 5.91 Å². The number of nitrogens with one attached hydrogen (secondary N) is 1. The molecule has 0 unspecified atom stereocenters. The second-order valence-electron chi connectivity index (χ2n) is 5.23. The van der Waals surface area contributed by atoms with Crippen LogP contribution < -0.4 is 5.32 Å². The fourth-order valence-corrected chi connectivity index (χ4v) is 2.27. The Morgan fingerprint density at radius 3 is 2.45 bits per heavy atom. The zero-order valence-corrected chi connectivity index (χ0v) is 13.1. The Morgan fingerprint density at radius 2 is 1.80 bits per heavy atom. The number of carbonyl (C=O) groups excluding carboxylic acids is 1. The van der Waals surface area contributed by atoms with E-state index in [1.807, 2.05) is 12.1 Å². The van der Waals surface area contributed by atoms with Gasteiger partial charge in [0, 0.05) is 17.1 Å². The van der Waals surface area contributed by atoms with Gasteiger partial charge in [-0.2, -0.15) is 0 Å². The van der Waals surface area contributed by atoms with Gasteiger partial charge < -0.3 is 5.32 Å². The Bertz CT molecular complexity index is 417. The lowest BCUT2D eigenvalue weighted by molar-refractivity contribution is -0.116. The van der Waals surface area contributed by atoms with Crippen LogP contribution in [0.5, 0.6) is 0 Å². The average molecular weight is 295 g/mol. The summed E-state index contributed by atoms with van der Waals surface area (Å²) >= 11 is 5.97. The molecule has 0 atom stereocenters. The summed E-state index contributed by atoms with van der Waals surface area (Å²) in [5, 5.41) is 3.45. The largest absolute Gasteiger partial charge is 0.326 e. The van der Waals surface area contributed by atoms with Gasteiger partial charge in [-0.3, -0.25) is 4.79 Å². The van der Waals surface area contributed by atoms with Crippen LogP contribution in [0.1, 0.15) is 63.9 Å². The van der Waals surface area contributed by atoms with Crippen LogP contribution in [0, 0.1) is 6.92 Å². The van der Waals surface area contributed by atoms with Gasteiger partial charge in [-0.15, -0.1) is 0 Å². The summed E-state index contributed by atoms with van der Waals surface area (Å²) in [5.74, 6) is 0.0615. The van der Waals surface area contributed by atoms with Crippen molar-refractivity contribution in [2.75, 3.05) is 5.32 Å². The van der Waals surface area contributed by atoms with Crippen LogP contribution in [0.25, 0.3) is 0 Å². The molecule has 1 radical (unpaired) electrons. The minimum atomic E-state index is 0.0615. The molecule has 0 heterocycles. The number of hydrogen-bond acceptors (Lipinski definition) is 1. The van der Waals surface area contributed by atoms with Gasteiger partial charge in [-0.25, -0.2) is 0 Å². The number of rotatable bonds is 9. The number of benzene rings is 1. The van der Waals surface area contributed by atoms with E-state index in [0.717, 1.165) is 24.1 Å². The molecule has 0 fully saturated rings. The molecule has 3 heteroatoms. The molecule has 0 saturated heterocycles. The molecule has 111 valence electrons. The minimum absolute atomic E-state index is 0.0615. The maximum Gasteiger partial charge on any atom is 0.224 e. The van der Waals surface area contributed by atoms with Crippen LogP contribution in [0.15, 0.2) is 18.2 Å². The second-order valence-corrected chi connectivity index (χ2v) is 5.63. The first-order chi connectivity index (χ1) is 9.63. The van der Waals surface area contributed by atoms with Gasteiger partial charge in [0.2, 0.25) is 5.91 Å². The molecule has 0 saturated carbocycles. The molecule has 1 rings (SSSR count). The van der Waals surface area contributed by atoms with Gasteiger partial charge in [0.05, 0.1) is 0 Å². The van der Waals surface area contributed by atoms with Crippen molar-refractivity contribution in [3.05, 3.63) is 35.7 Å². The fraction of sp³-hybridized carbons (Fsp3) is 0.529. The summed E-state index contributed by atoms with van der Waals surface area (Å²) < 4.78 is 0. The third-order valence-corrected chi connectivity index (χ3v) is 3.70. The van der Waals surface area contributed by atoms with Crippen molar-refractivity contribution in [2.45, 2.75) is 58.3 Å². The fourth-order valence-electron chi connectivity index (χ4n) is 2.09. The molecule has 0 aliphatic carbocycles. The molecule has 0 spiro atoms. The Hall–Kier alpha value is -1.02. The Kier molecular flexibility index (Phi) is 8.36. The van der Waals surface area contributed by atoms with Crippen LogP contribution >= 0.6 is 11.6 Å². The highest BCUT2D eigenvalue weighted by atomic mass is 35.5. The molecule has 20 heavy (non-hydrogen) atoms. The summed E-state index contributed by atoms with van der Waals surface area (Å²) in [6.07, 6.45) is 9.11. The van der Waals surface area contributed by atoms with Crippen molar-refractivity contribution in [1.82, 2.24) is 0 Å². The van der Waals surface area contributed by atoms with Crippen molar-refractivity contribution < 1.29 is 4.79 Å². The van der Waals surface area contributed by atoms with Gasteiger partial charge in [0.1, 0.15) is 0 Å². The zero-order valence-electron chi connectivity index (χ0n) is 12.4. The summed E-state index contributed by atoms with van der Waals surface area (Å²) in [6, 6.07) is 5.38. The Balaban J connectivity index is 2.15. The number of amides is 1. The number of anilines is 1. The van der Waals surface area contributed by atoms with E-state index < -0.39 is 0 Å². The average Bonchev–Trinajstić information content (AvgIpc) is 2.42. The number of halogens is 1. The molecule has 0 aliphatic heterocycles. The van der Waals surface area contributed by atoms with E-state index in [1.54, 1.807) is 6.07 Å². The van der Waals surface area contributed by atoms with E-state index in [2.05, 4.69) is 19.2 Å². The molecular weight excluding hydrogens is 270 g/mol. The molecule has 0 aliphatic rings. The molecule has 0 aromatic heterocycles. The van der Waals surface area contributed by atoms with Gasteiger partial charge in [-0.1, -0.05) is 63.1 Å². The lowest BCUT2D eigenvalue weighted by Gasteiger charge is -2.07. The van der Waals surface area contributed by atoms with Crippen molar-refractivity contribution in [3.63, 3.8) is 0 Å². The highest BCUT2D eigenvalue weighted by molar-refractivity contribution is 6.31. The summed E-state index contributed by atoms with van der Waals surface area (Å²) in [5.41, 5.74) is 1.52. The van der Waals surface area contributed by atoms with E-state index in [4.69, 9.17) is 11.6 Å². The predicted molar refractivity (Wildman–Crippen MR) is 87.2 cm³/mol. The summed E-state index contributed by atoms with van der Waals surface area (Å²) in [4.78, 5) is 11.8. The Morgan fingerprint density at radius 1 is 1.15 bits per heavy atom. The summed E-state index contributed by atoms with van der Waals surface area (Å²) in [6.45, 7) is 6.01. The maximum absolute atomic E-state index is 11.8. The highest BCUT2D eigenvalue weighted by Crippen LogP contribution is 2.20. The molecule has 1 aromatic rings. The standard InChI is InChI=1S/C17H25ClNO/c1-3-4-5-6-7-8-9-10-17(20)19-15-12-11-14(2)16(18)13-15/h11-13H,2-10H2,1H3,(H,19,20). The van der Waals surface area contributed by atoms with E-state index in [1.165, 1.54) is 32.1 Å². The predicted octanol–water partition coefficient (Wildman–Crippen LogP) is 5.60. The van der Waals surface area contributed by atoms with Crippen molar-refractivity contribution in [3.8, 4) is 0 Å². The van der Waals surface area contributed by atoms with Gasteiger partial charge >= 0.3 is 0 Å². The SMILES string of the molecule is [CH2]c1ccc(NC(=O)CCCCCCCCC)cc1Cl. The van der Waals surface area contributed by atoms with Crippen LogP contribution in [0.2, 0.25) is 5.02 Å². The molecule has 1 amide bonds. The molecule has 1 aromatic carbocycles. The van der Waals surface area contributed by atoms with Crippen molar-refractivity contribution in [1.29, 1.82) is 0 Å². The molecule has 2 nitrogen and oxygen atoms in total. The lowest BCUT2D eigenvalue weighted by Crippen LogP contribution is -2.11. The van der Waals surface area contributed by atoms with Crippen LogP contribution in [-0.2, 0) is 4.79 Å². The monoisotopic (exact) mass is 294 g/mol. The highest BCUT2D eigenvalue weighted by Gasteiger charge is 2.03. The maximum atomic E-state index is 11.8. The third kappa shape index (κ3) is 6.95. The van der Waals surface area contributed by atoms with E-state index in [9.17, 15) is 4.79 Å². The molecular formula is C17H25ClNO. The summed E-state index contributed by atoms with van der Waals surface area (Å²) in [7, 11) is 0. The third-order valence-electron chi connectivity index (χ3n) is 3.34. The van der Waals surface area contributed by atoms with Crippen molar-refractivity contribution in [2.24, 2.45) is 0 Å². The first-order valence-electron chi connectivity index (χ1n) is 7.55. The van der Waals surface area contributed by atoms with Crippen LogP contribution in [0.3, 0.4) is 0 Å². The molecule has 0 bridgehead atoms. The van der Waals surface area contributed by atoms with Crippen LogP contribution in [0.4, 0.5) is 5.69 Å². The zero-order chi connectivity index (χ0) is 14.8. The Labute approximate surface area is 127 Å². The lowest BCUT2D eigenvalue weighted by atomic mass is 10.1. The van der Waals surface area contributed by atoms with E-state index >= 15 is 0 Å². The quantitative estimate of drug-likeness (QED) is 0.590. The number of unbranched alkanes of at least 4 members (excludes halogenated alkanes) is 6. The topological polar surface area (TPSA) is 29.1 Å². The van der Waals surface area contributed by atoms with Gasteiger partial charge in [0.15, 0.2) is 0 Å². The minimum Gasteiger partial charge on any atom is -0.326 e. The smallest absolute Gasteiger partial charge is 0.224 e. The van der Waals surface area contributed by atoms with Crippen molar-refractivity contribution >= 4 is 23.2 Å².